The molecule has 0 aliphatic carbocycles. The first-order chi connectivity index (χ1) is 8.11. The highest BCUT2D eigenvalue weighted by Crippen LogP contribution is 2.30. The quantitative estimate of drug-likeness (QED) is 0.697. The zero-order chi connectivity index (χ0) is 12.4. The van der Waals surface area contributed by atoms with E-state index in [4.69, 9.17) is 10.5 Å². The molecule has 6 heteroatoms. The first-order valence-electron chi connectivity index (χ1n) is 5.06. The van der Waals surface area contributed by atoms with E-state index in [1.54, 1.807) is 7.11 Å². The van der Waals surface area contributed by atoms with Gasteiger partial charge >= 0.3 is 6.03 Å². The van der Waals surface area contributed by atoms with E-state index in [0.717, 1.165) is 10.9 Å². The molecule has 17 heavy (non-hydrogen) atoms. The summed E-state index contributed by atoms with van der Waals surface area (Å²) >= 11 is 0. The third-order valence-electron chi connectivity index (χ3n) is 2.53. The minimum atomic E-state index is -0.653. The summed E-state index contributed by atoms with van der Waals surface area (Å²) in [7, 11) is 3.52. The summed E-state index contributed by atoms with van der Waals surface area (Å²) in [5.74, 6) is 0.632. The van der Waals surface area contributed by atoms with E-state index >= 15 is 0 Å². The number of fused-ring (bicyclic) bond motifs is 1. The van der Waals surface area contributed by atoms with Crippen molar-refractivity contribution in [1.82, 2.24) is 9.99 Å². The summed E-state index contributed by atoms with van der Waals surface area (Å²) in [5.41, 5.74) is 11.7. The maximum Gasteiger partial charge on any atom is 0.330 e. The molecule has 0 atom stereocenters. The van der Waals surface area contributed by atoms with Gasteiger partial charge in [-0.25, -0.2) is 4.79 Å². The number of nitrogens with zero attached hydrogens (tertiary/aromatic N) is 1. The monoisotopic (exact) mass is 234 g/mol. The van der Waals surface area contributed by atoms with Gasteiger partial charge in [-0.3, -0.25) is 10.9 Å². The van der Waals surface area contributed by atoms with E-state index in [1.165, 1.54) is 0 Å². The molecule has 0 saturated carbocycles. The number of nitrogens with one attached hydrogen (secondary N) is 2. The van der Waals surface area contributed by atoms with Crippen LogP contribution < -0.4 is 21.3 Å². The zero-order valence-corrected chi connectivity index (χ0v) is 9.65. The lowest BCUT2D eigenvalue weighted by Gasteiger charge is -2.11. The summed E-state index contributed by atoms with van der Waals surface area (Å²) in [4.78, 5) is 10.6. The smallest absolute Gasteiger partial charge is 0.330 e. The van der Waals surface area contributed by atoms with E-state index in [0.29, 0.717) is 11.4 Å². The molecule has 0 unspecified atom stereocenters. The number of amides is 2. The number of urea groups is 1. The van der Waals surface area contributed by atoms with Crippen LogP contribution in [0.4, 0.5) is 10.5 Å². The zero-order valence-electron chi connectivity index (χ0n) is 9.65. The number of carbonyl (C=O) groups excluding carboxylic acids is 1. The highest BCUT2D eigenvalue weighted by atomic mass is 16.5. The molecule has 0 saturated heterocycles. The second-order valence-corrected chi connectivity index (χ2v) is 3.65. The van der Waals surface area contributed by atoms with Crippen LogP contribution in [-0.2, 0) is 7.05 Å². The Morgan fingerprint density at radius 2 is 2.24 bits per heavy atom. The summed E-state index contributed by atoms with van der Waals surface area (Å²) in [6, 6.07) is 5.09. The van der Waals surface area contributed by atoms with Crippen LogP contribution >= 0.6 is 0 Å². The Balaban J connectivity index is 2.42. The second kappa shape index (κ2) is 4.25. The number of hydrogen-bond donors (Lipinski definition) is 3. The summed E-state index contributed by atoms with van der Waals surface area (Å²) < 4.78 is 7.23. The molecule has 0 aliphatic rings. The molecule has 0 aliphatic heterocycles. The van der Waals surface area contributed by atoms with Gasteiger partial charge in [0, 0.05) is 24.7 Å². The highest BCUT2D eigenvalue weighted by molar-refractivity contribution is 5.87. The fourth-order valence-electron chi connectivity index (χ4n) is 1.69. The second-order valence-electron chi connectivity index (χ2n) is 3.65. The normalized spacial score (nSPS) is 10.2. The van der Waals surface area contributed by atoms with Gasteiger partial charge in [0.25, 0.3) is 0 Å². The summed E-state index contributed by atoms with van der Waals surface area (Å²) in [6.07, 6.45) is 1.95. The number of aryl methyl sites for hydroxylation is 1. The first-order valence-corrected chi connectivity index (χ1v) is 5.06. The number of hydrogen-bond acceptors (Lipinski definition) is 3. The largest absolute Gasteiger partial charge is 0.494 e. The van der Waals surface area contributed by atoms with Gasteiger partial charge in [0.2, 0.25) is 0 Å². The van der Waals surface area contributed by atoms with E-state index in [9.17, 15) is 4.79 Å². The fourth-order valence-corrected chi connectivity index (χ4v) is 1.69. The Bertz CT molecular complexity index is 562. The molecule has 4 N–H and O–H groups in total. The van der Waals surface area contributed by atoms with Gasteiger partial charge in [-0.05, 0) is 12.1 Å². The topological polar surface area (TPSA) is 81.3 Å². The van der Waals surface area contributed by atoms with Crippen LogP contribution in [0.25, 0.3) is 10.9 Å². The number of rotatable bonds is 3. The summed E-state index contributed by atoms with van der Waals surface area (Å²) in [6.45, 7) is 0. The van der Waals surface area contributed by atoms with Gasteiger partial charge in [0.15, 0.2) is 0 Å². The molecule has 2 rings (SSSR count). The van der Waals surface area contributed by atoms with E-state index < -0.39 is 6.03 Å². The van der Waals surface area contributed by atoms with Gasteiger partial charge in [-0.1, -0.05) is 0 Å². The third kappa shape index (κ3) is 2.10. The van der Waals surface area contributed by atoms with Crippen molar-refractivity contribution in [2.24, 2.45) is 12.8 Å². The predicted octanol–water partition coefficient (Wildman–Crippen LogP) is 1.18. The van der Waals surface area contributed by atoms with Crippen molar-refractivity contribution in [1.29, 1.82) is 0 Å². The molecule has 0 fully saturated rings. The van der Waals surface area contributed by atoms with Crippen molar-refractivity contribution in [2.75, 3.05) is 12.5 Å². The molecule has 90 valence electrons. The lowest BCUT2D eigenvalue weighted by molar-refractivity contribution is 0.250. The van der Waals surface area contributed by atoms with Crippen LogP contribution in [0.15, 0.2) is 24.4 Å². The molecular weight excluding hydrogens is 220 g/mol. The first kappa shape index (κ1) is 11.1. The van der Waals surface area contributed by atoms with Crippen molar-refractivity contribution in [3.05, 3.63) is 24.4 Å². The highest BCUT2D eigenvalue weighted by Gasteiger charge is 2.07. The molecule has 2 aromatic rings. The van der Waals surface area contributed by atoms with Crippen molar-refractivity contribution in [2.45, 2.75) is 0 Å². The van der Waals surface area contributed by atoms with Gasteiger partial charge in [-0.15, -0.1) is 0 Å². The number of carbonyl (C=O) groups is 1. The maximum absolute atomic E-state index is 10.6. The van der Waals surface area contributed by atoms with E-state index in [1.807, 2.05) is 36.0 Å². The molecule has 6 nitrogen and oxygen atoms in total. The van der Waals surface area contributed by atoms with Crippen LogP contribution in [0.3, 0.4) is 0 Å². The van der Waals surface area contributed by atoms with Crippen molar-refractivity contribution >= 4 is 22.6 Å². The lowest BCUT2D eigenvalue weighted by Crippen LogP contribution is -2.34. The van der Waals surface area contributed by atoms with Gasteiger partial charge in [-0.2, -0.15) is 0 Å². The molecule has 0 spiro atoms. The number of methoxy groups -OCH3 is 1. The van der Waals surface area contributed by atoms with E-state index in [-0.39, 0.29) is 0 Å². The van der Waals surface area contributed by atoms with Crippen LogP contribution in [0.1, 0.15) is 0 Å². The van der Waals surface area contributed by atoms with Crippen LogP contribution in [0.5, 0.6) is 5.75 Å². The maximum atomic E-state index is 10.6. The van der Waals surface area contributed by atoms with Crippen molar-refractivity contribution in [3.8, 4) is 5.75 Å². The van der Waals surface area contributed by atoms with Crippen molar-refractivity contribution in [3.63, 3.8) is 0 Å². The Kier molecular flexibility index (Phi) is 2.78. The Labute approximate surface area is 98.3 Å². The minimum absolute atomic E-state index is 0.632. The van der Waals surface area contributed by atoms with Crippen LogP contribution in [0, 0.1) is 0 Å². The number of primary amides is 1. The average Bonchev–Trinajstić information content (AvgIpc) is 2.66. The summed E-state index contributed by atoms with van der Waals surface area (Å²) in [5, 5.41) is 1.04. The number of ether oxygens (including phenoxy) is 1. The molecule has 0 radical (unpaired) electrons. The van der Waals surface area contributed by atoms with E-state index in [2.05, 4.69) is 10.9 Å². The Morgan fingerprint density at radius 1 is 1.47 bits per heavy atom. The van der Waals surface area contributed by atoms with Gasteiger partial charge in [0.1, 0.15) is 5.75 Å². The SMILES string of the molecule is COc1cc2c(ccn2C)cc1NNC(N)=O. The van der Waals surface area contributed by atoms with Gasteiger partial charge < -0.3 is 15.0 Å². The Hall–Kier alpha value is -2.37. The van der Waals surface area contributed by atoms with Gasteiger partial charge in [0.05, 0.1) is 18.3 Å². The van der Waals surface area contributed by atoms with Crippen LogP contribution in [-0.4, -0.2) is 17.7 Å². The molecular formula is C11H14N4O2. The number of benzene rings is 1. The number of hydrazine groups is 1. The molecule has 2 amide bonds. The molecule has 1 aromatic carbocycles. The average molecular weight is 234 g/mol. The molecule has 0 bridgehead atoms. The lowest BCUT2D eigenvalue weighted by atomic mass is 10.2. The predicted molar refractivity (Wildman–Crippen MR) is 65.8 cm³/mol. The standard InChI is InChI=1S/C11H14N4O2/c1-15-4-3-7-5-8(13-14-11(12)16)10(17-2)6-9(7)15/h3-6,13H,1-2H3,(H3,12,14,16). The van der Waals surface area contributed by atoms with Crippen molar-refractivity contribution < 1.29 is 9.53 Å². The number of aromatic nitrogens is 1. The molecule has 1 aromatic heterocycles. The Morgan fingerprint density at radius 3 is 2.88 bits per heavy atom. The number of nitrogens with two attached hydrogens (primary N) is 1. The van der Waals surface area contributed by atoms with Crippen LogP contribution in [0.2, 0.25) is 0 Å². The molecule has 1 heterocycles. The fraction of sp³-hybridized carbons (Fsp3) is 0.182. The number of anilines is 1. The minimum Gasteiger partial charge on any atom is -0.494 e. The third-order valence-corrected chi connectivity index (χ3v) is 2.53.